The maximum Gasteiger partial charge on any atom is 0.346 e. The summed E-state index contributed by atoms with van der Waals surface area (Å²) in [5.41, 5.74) is 4.32. The number of aromatic nitrogens is 1. The van der Waals surface area contributed by atoms with Gasteiger partial charge in [-0.1, -0.05) is 33.1 Å². The van der Waals surface area contributed by atoms with E-state index in [0.717, 1.165) is 42.5 Å². The van der Waals surface area contributed by atoms with E-state index in [1.165, 1.54) is 36.1 Å². The van der Waals surface area contributed by atoms with E-state index in [-0.39, 0.29) is 10.6 Å². The predicted octanol–water partition coefficient (Wildman–Crippen LogP) is 5.88. The standard InChI is InChI=1S/C24H30N2O4S/c1-5-7-8-9-12-26-16(4)18(6-2)15(3)19(26)10-11-20-22(27)23(28)21(31-20)13-17(14-25)24(29)30/h10-11,13,27-28H,5-9,12H2,1-4H3,(H,29,30). The van der Waals surface area contributed by atoms with Gasteiger partial charge < -0.3 is 19.9 Å². The normalized spacial score (nSPS) is 11.9. The van der Waals surface area contributed by atoms with E-state index in [9.17, 15) is 15.0 Å². The quantitative estimate of drug-likeness (QED) is 0.242. The Morgan fingerprint density at radius 2 is 1.77 bits per heavy atom. The number of nitrogens with zero attached hydrogens (tertiary/aromatic N) is 2. The van der Waals surface area contributed by atoms with E-state index < -0.39 is 17.3 Å². The van der Waals surface area contributed by atoms with E-state index in [1.807, 2.05) is 6.08 Å². The van der Waals surface area contributed by atoms with Crippen molar-refractivity contribution in [2.75, 3.05) is 0 Å². The lowest BCUT2D eigenvalue weighted by Gasteiger charge is -2.10. The summed E-state index contributed by atoms with van der Waals surface area (Å²) < 4.78 is 2.31. The average Bonchev–Trinajstić information content (AvgIpc) is 3.13. The molecule has 3 N–H and O–H groups in total. The Bertz CT molecular complexity index is 1050. The van der Waals surface area contributed by atoms with Crippen LogP contribution in [0.1, 0.15) is 71.8 Å². The van der Waals surface area contributed by atoms with Crippen molar-refractivity contribution >= 4 is 35.5 Å². The number of carbonyl (C=O) groups is 1. The van der Waals surface area contributed by atoms with Crippen LogP contribution in [0.25, 0.3) is 18.2 Å². The van der Waals surface area contributed by atoms with Crippen LogP contribution >= 0.6 is 11.3 Å². The maximum absolute atomic E-state index is 11.1. The molecule has 0 aromatic carbocycles. The third kappa shape index (κ3) is 5.39. The second kappa shape index (κ2) is 10.9. The highest BCUT2D eigenvalue weighted by atomic mass is 32.1. The number of aliphatic carboxylic acids is 1. The predicted molar refractivity (Wildman–Crippen MR) is 125 cm³/mol. The highest BCUT2D eigenvalue weighted by molar-refractivity contribution is 7.14. The molecule has 0 bridgehead atoms. The van der Waals surface area contributed by atoms with Crippen LogP contribution < -0.4 is 0 Å². The Morgan fingerprint density at radius 3 is 2.35 bits per heavy atom. The lowest BCUT2D eigenvalue weighted by Crippen LogP contribution is -2.03. The van der Waals surface area contributed by atoms with Gasteiger partial charge in [0.2, 0.25) is 0 Å². The molecule has 0 amide bonds. The summed E-state index contributed by atoms with van der Waals surface area (Å²) in [6, 6.07) is 1.58. The highest BCUT2D eigenvalue weighted by Crippen LogP contribution is 2.42. The fraction of sp³-hybridized carbons (Fsp3) is 0.417. The van der Waals surface area contributed by atoms with Crippen LogP contribution in [0.3, 0.4) is 0 Å². The molecule has 0 spiro atoms. The number of aromatic hydroxyl groups is 2. The van der Waals surface area contributed by atoms with Gasteiger partial charge in [0, 0.05) is 17.9 Å². The van der Waals surface area contributed by atoms with Gasteiger partial charge in [-0.25, -0.2) is 4.79 Å². The van der Waals surface area contributed by atoms with Crippen LogP contribution in [-0.4, -0.2) is 25.9 Å². The topological polar surface area (TPSA) is 106 Å². The fourth-order valence-corrected chi connectivity index (χ4v) is 4.72. The van der Waals surface area contributed by atoms with Gasteiger partial charge >= 0.3 is 5.97 Å². The Labute approximate surface area is 187 Å². The molecule has 0 saturated heterocycles. The van der Waals surface area contributed by atoms with E-state index in [0.29, 0.717) is 4.88 Å². The number of unbranched alkanes of at least 4 members (excludes halogenated alkanes) is 3. The number of carboxylic acids is 1. The van der Waals surface area contributed by atoms with Crippen molar-refractivity contribution in [3.63, 3.8) is 0 Å². The van der Waals surface area contributed by atoms with Crippen LogP contribution in [0, 0.1) is 25.2 Å². The largest absolute Gasteiger partial charge is 0.503 e. The van der Waals surface area contributed by atoms with E-state index in [2.05, 4.69) is 32.3 Å². The second-order valence-corrected chi connectivity index (χ2v) is 8.56. The fourth-order valence-electron chi connectivity index (χ4n) is 3.78. The van der Waals surface area contributed by atoms with Crippen molar-refractivity contribution in [1.29, 1.82) is 5.26 Å². The third-order valence-corrected chi connectivity index (χ3v) is 6.57. The molecule has 2 rings (SSSR count). The molecule has 2 heterocycles. The molecule has 31 heavy (non-hydrogen) atoms. The summed E-state index contributed by atoms with van der Waals surface area (Å²) in [7, 11) is 0. The lowest BCUT2D eigenvalue weighted by atomic mass is 10.1. The molecule has 0 aliphatic rings. The molecule has 0 saturated carbocycles. The van der Waals surface area contributed by atoms with E-state index in [1.54, 1.807) is 12.1 Å². The van der Waals surface area contributed by atoms with Crippen molar-refractivity contribution in [3.05, 3.63) is 37.8 Å². The number of hydrogen-bond donors (Lipinski definition) is 3. The van der Waals surface area contributed by atoms with Crippen molar-refractivity contribution in [2.45, 2.75) is 66.3 Å². The molecule has 0 unspecified atom stereocenters. The number of thiophene rings is 1. The van der Waals surface area contributed by atoms with Gasteiger partial charge in [-0.2, -0.15) is 5.26 Å². The first-order valence-corrected chi connectivity index (χ1v) is 11.3. The first-order valence-electron chi connectivity index (χ1n) is 10.5. The Hall–Kier alpha value is -2.98. The number of hydrogen-bond acceptors (Lipinski definition) is 5. The van der Waals surface area contributed by atoms with Gasteiger partial charge in [0.1, 0.15) is 11.6 Å². The highest BCUT2D eigenvalue weighted by Gasteiger charge is 2.18. The third-order valence-electron chi connectivity index (χ3n) is 5.49. The first kappa shape index (κ1) is 24.3. The van der Waals surface area contributed by atoms with Crippen molar-refractivity contribution in [2.24, 2.45) is 0 Å². The molecule has 166 valence electrons. The molecule has 0 radical (unpaired) electrons. The number of carboxylic acid groups (broad SMARTS) is 1. The molecule has 0 aliphatic carbocycles. The van der Waals surface area contributed by atoms with E-state index >= 15 is 0 Å². The van der Waals surface area contributed by atoms with Gasteiger partial charge in [-0.3, -0.25) is 0 Å². The van der Waals surface area contributed by atoms with Crippen LogP contribution in [0.2, 0.25) is 0 Å². The number of rotatable bonds is 10. The minimum Gasteiger partial charge on any atom is -0.503 e. The lowest BCUT2D eigenvalue weighted by molar-refractivity contribution is -0.132. The molecule has 2 aromatic rings. The van der Waals surface area contributed by atoms with Crippen LogP contribution in [-0.2, 0) is 17.8 Å². The Kier molecular flexibility index (Phi) is 8.52. The molecule has 6 nitrogen and oxygen atoms in total. The molecule has 0 fully saturated rings. The van der Waals surface area contributed by atoms with Gasteiger partial charge in [-0.15, -0.1) is 11.3 Å². The molecular formula is C24H30N2O4S. The maximum atomic E-state index is 11.1. The zero-order valence-electron chi connectivity index (χ0n) is 18.5. The first-order chi connectivity index (χ1) is 14.8. The monoisotopic (exact) mass is 442 g/mol. The SMILES string of the molecule is CCCCCCn1c(C)c(CC)c(C)c1C=Cc1sc(C=C(C#N)C(=O)O)c(O)c1O. The van der Waals surface area contributed by atoms with Gasteiger partial charge in [0.15, 0.2) is 11.5 Å². The van der Waals surface area contributed by atoms with Crippen molar-refractivity contribution in [1.82, 2.24) is 4.57 Å². The molecule has 2 aromatic heterocycles. The van der Waals surface area contributed by atoms with Gasteiger partial charge in [-0.05, 0) is 56.0 Å². The van der Waals surface area contributed by atoms with Crippen molar-refractivity contribution in [3.8, 4) is 17.6 Å². The molecule has 0 aliphatic heterocycles. The van der Waals surface area contributed by atoms with Crippen LogP contribution in [0.5, 0.6) is 11.5 Å². The zero-order chi connectivity index (χ0) is 23.1. The molecular weight excluding hydrogens is 412 g/mol. The minimum atomic E-state index is -1.38. The number of nitriles is 1. The molecule has 0 atom stereocenters. The average molecular weight is 443 g/mol. The summed E-state index contributed by atoms with van der Waals surface area (Å²) in [6.45, 7) is 9.49. The summed E-state index contributed by atoms with van der Waals surface area (Å²) in [5, 5.41) is 38.4. The molecule has 7 heteroatoms. The summed E-state index contributed by atoms with van der Waals surface area (Å²) in [4.78, 5) is 11.6. The Balaban J connectivity index is 2.42. The van der Waals surface area contributed by atoms with Gasteiger partial charge in [0.05, 0.1) is 9.75 Å². The van der Waals surface area contributed by atoms with E-state index in [4.69, 9.17) is 10.4 Å². The summed E-state index contributed by atoms with van der Waals surface area (Å²) in [5.74, 6) is -2.12. The van der Waals surface area contributed by atoms with Crippen LogP contribution in [0.4, 0.5) is 0 Å². The summed E-state index contributed by atoms with van der Waals surface area (Å²) in [6.07, 6.45) is 10.3. The minimum absolute atomic E-state index is 0.133. The van der Waals surface area contributed by atoms with Crippen molar-refractivity contribution < 1.29 is 20.1 Å². The second-order valence-electron chi connectivity index (χ2n) is 7.48. The summed E-state index contributed by atoms with van der Waals surface area (Å²) >= 11 is 1.03. The zero-order valence-corrected chi connectivity index (χ0v) is 19.3. The van der Waals surface area contributed by atoms with Gasteiger partial charge in [0.25, 0.3) is 0 Å². The smallest absolute Gasteiger partial charge is 0.346 e. The Morgan fingerprint density at radius 1 is 1.10 bits per heavy atom. The van der Waals surface area contributed by atoms with Crippen LogP contribution in [0.15, 0.2) is 5.57 Å².